The molecule has 1 aliphatic rings. The highest BCUT2D eigenvalue weighted by atomic mass is 127. The molecule has 1 saturated heterocycles. The Morgan fingerprint density at radius 3 is 2.37 bits per heavy atom. The maximum Gasteiger partial charge on any atom is 0.254 e. The van der Waals surface area contributed by atoms with Gasteiger partial charge in [-0.15, -0.1) is 0 Å². The Labute approximate surface area is 193 Å². The summed E-state index contributed by atoms with van der Waals surface area (Å²) in [5, 5.41) is 4.20. The lowest BCUT2D eigenvalue weighted by molar-refractivity contribution is -0.122. The number of hydrogen-bond donors (Lipinski definition) is 1. The van der Waals surface area contributed by atoms with Crippen molar-refractivity contribution in [3.8, 4) is 0 Å². The largest absolute Gasteiger partial charge is 0.297 e. The van der Waals surface area contributed by atoms with Gasteiger partial charge >= 0.3 is 0 Å². The molecule has 2 aromatic rings. The van der Waals surface area contributed by atoms with Crippen LogP contribution in [0.5, 0.6) is 0 Å². The number of hydrazone groups is 1. The number of nitrogens with one attached hydrogen (secondary N) is 1. The molecular weight excluding hydrogens is 487 g/mol. The highest BCUT2D eigenvalue weighted by Crippen LogP contribution is 2.28. The van der Waals surface area contributed by atoms with Gasteiger partial charge in [-0.05, 0) is 39.1 Å². The van der Waals surface area contributed by atoms with Crippen LogP contribution in [0.3, 0.4) is 0 Å². The van der Waals surface area contributed by atoms with Crippen LogP contribution in [0.2, 0.25) is 0 Å². The number of halogens is 1. The molecule has 0 atom stereocenters. The molecule has 0 spiro atoms. The summed E-state index contributed by atoms with van der Waals surface area (Å²) in [5.41, 5.74) is 6.41. The molecule has 6 heteroatoms. The molecule has 160 valence electrons. The van der Waals surface area contributed by atoms with Crippen molar-refractivity contribution in [2.24, 2.45) is 5.10 Å². The smallest absolute Gasteiger partial charge is 0.254 e. The Morgan fingerprint density at radius 1 is 1.03 bits per heavy atom. The summed E-state index contributed by atoms with van der Waals surface area (Å²) in [6, 6.07) is 16.7. The van der Waals surface area contributed by atoms with Gasteiger partial charge in [0.15, 0.2) is 0 Å². The molecule has 0 saturated carbocycles. The molecule has 1 amide bonds. The van der Waals surface area contributed by atoms with Gasteiger partial charge in [-0.25, -0.2) is 5.43 Å². The first kappa shape index (κ1) is 22.9. The van der Waals surface area contributed by atoms with Gasteiger partial charge in [-0.1, -0.05) is 69.3 Å². The van der Waals surface area contributed by atoms with Gasteiger partial charge in [0.05, 0.1) is 12.8 Å². The predicted octanol–water partition coefficient (Wildman–Crippen LogP) is 3.86. The number of carbonyl (C=O) groups is 1. The zero-order valence-corrected chi connectivity index (χ0v) is 20.2. The van der Waals surface area contributed by atoms with Crippen molar-refractivity contribution in [3.63, 3.8) is 0 Å². The van der Waals surface area contributed by atoms with Gasteiger partial charge < -0.3 is 0 Å². The van der Waals surface area contributed by atoms with E-state index in [-0.39, 0.29) is 11.3 Å². The van der Waals surface area contributed by atoms with Gasteiger partial charge in [0.25, 0.3) is 5.91 Å². The minimum Gasteiger partial charge on any atom is -0.297 e. The van der Waals surface area contributed by atoms with Crippen LogP contribution in [0, 0.1) is 3.57 Å². The molecule has 1 N–H and O–H groups in total. The Balaban J connectivity index is 1.45. The molecule has 3 rings (SSSR count). The molecule has 0 bridgehead atoms. The number of benzene rings is 2. The maximum atomic E-state index is 12.3. The van der Waals surface area contributed by atoms with Crippen LogP contribution in [-0.2, 0) is 16.8 Å². The lowest BCUT2D eigenvalue weighted by Gasteiger charge is -2.34. The van der Waals surface area contributed by atoms with E-state index in [1.54, 1.807) is 6.21 Å². The monoisotopic (exact) mass is 518 g/mol. The third-order valence-electron chi connectivity index (χ3n) is 5.31. The second-order valence-corrected chi connectivity index (χ2v) is 9.87. The molecule has 1 heterocycles. The van der Waals surface area contributed by atoms with Crippen molar-refractivity contribution in [3.05, 3.63) is 68.8 Å². The minimum absolute atomic E-state index is 0.0651. The third kappa shape index (κ3) is 6.62. The van der Waals surface area contributed by atoms with E-state index in [2.05, 4.69) is 94.0 Å². The van der Waals surface area contributed by atoms with E-state index >= 15 is 0 Å². The van der Waals surface area contributed by atoms with E-state index in [0.29, 0.717) is 6.54 Å². The normalized spacial score (nSPS) is 16.1. The van der Waals surface area contributed by atoms with Gasteiger partial charge in [0.1, 0.15) is 0 Å². The molecule has 1 aliphatic heterocycles. The van der Waals surface area contributed by atoms with E-state index in [1.807, 2.05) is 18.2 Å². The van der Waals surface area contributed by atoms with Crippen molar-refractivity contribution >= 4 is 34.7 Å². The first-order valence-electron chi connectivity index (χ1n) is 10.4. The zero-order valence-electron chi connectivity index (χ0n) is 18.1. The van der Waals surface area contributed by atoms with E-state index in [9.17, 15) is 4.79 Å². The van der Waals surface area contributed by atoms with Crippen LogP contribution in [-0.4, -0.2) is 54.6 Å². The summed E-state index contributed by atoms with van der Waals surface area (Å²) >= 11 is 2.36. The van der Waals surface area contributed by atoms with E-state index in [1.165, 1.54) is 14.7 Å². The van der Waals surface area contributed by atoms with Crippen molar-refractivity contribution in [1.82, 2.24) is 15.2 Å². The van der Waals surface area contributed by atoms with Crippen molar-refractivity contribution in [2.75, 3.05) is 32.7 Å². The highest BCUT2D eigenvalue weighted by Gasteiger charge is 2.19. The summed E-state index contributed by atoms with van der Waals surface area (Å²) in [6.45, 7) is 11.7. The van der Waals surface area contributed by atoms with Crippen LogP contribution in [0.4, 0.5) is 0 Å². The quantitative estimate of drug-likeness (QED) is 0.359. The van der Waals surface area contributed by atoms with Crippen LogP contribution < -0.4 is 5.43 Å². The summed E-state index contributed by atoms with van der Waals surface area (Å²) in [5.74, 6) is -0.0651. The number of piperazine rings is 1. The first-order valence-corrected chi connectivity index (χ1v) is 11.5. The second-order valence-electron chi connectivity index (χ2n) is 8.79. The lowest BCUT2D eigenvalue weighted by atomic mass is 9.86. The Hall–Kier alpha value is -1.77. The fraction of sp³-hybridized carbons (Fsp3) is 0.417. The maximum absolute atomic E-state index is 12.3. The number of nitrogens with zero attached hydrogens (tertiary/aromatic N) is 3. The second kappa shape index (κ2) is 10.5. The van der Waals surface area contributed by atoms with Gasteiger partial charge in [0.2, 0.25) is 0 Å². The fourth-order valence-electron chi connectivity index (χ4n) is 3.59. The summed E-state index contributed by atoms with van der Waals surface area (Å²) in [6.07, 6.45) is 1.74. The lowest BCUT2D eigenvalue weighted by Crippen LogP contribution is -2.48. The van der Waals surface area contributed by atoms with Crippen LogP contribution in [0.15, 0.2) is 53.6 Å². The number of carbonyl (C=O) groups excluding carboxylic acids is 1. The molecule has 30 heavy (non-hydrogen) atoms. The van der Waals surface area contributed by atoms with E-state index in [0.717, 1.165) is 38.3 Å². The molecule has 0 unspecified atom stereocenters. The Bertz CT molecular complexity index is 869. The minimum atomic E-state index is -0.0651. The SMILES string of the molecule is CC(C)(C)c1cccc(/C=N/NC(=O)CN2CCN(Cc3ccccc3)CC2)c1I. The third-order valence-corrected chi connectivity index (χ3v) is 6.51. The molecule has 2 aromatic carbocycles. The van der Waals surface area contributed by atoms with Crippen molar-refractivity contribution in [1.29, 1.82) is 0 Å². The van der Waals surface area contributed by atoms with Crippen molar-refractivity contribution in [2.45, 2.75) is 32.7 Å². The van der Waals surface area contributed by atoms with Crippen LogP contribution in [0.25, 0.3) is 0 Å². The van der Waals surface area contributed by atoms with Crippen LogP contribution >= 0.6 is 22.6 Å². The first-order chi connectivity index (χ1) is 14.3. The van der Waals surface area contributed by atoms with E-state index in [4.69, 9.17) is 0 Å². The molecule has 5 nitrogen and oxygen atoms in total. The van der Waals surface area contributed by atoms with Gasteiger partial charge in [-0.2, -0.15) is 5.10 Å². The summed E-state index contributed by atoms with van der Waals surface area (Å²) in [4.78, 5) is 16.9. The summed E-state index contributed by atoms with van der Waals surface area (Å²) < 4.78 is 1.18. The standard InChI is InChI=1S/C24H31IN4O/c1-24(2,3)21-11-7-10-20(23(21)25)16-26-27-22(30)18-29-14-12-28(13-15-29)17-19-8-5-4-6-9-19/h4-11,16H,12-15,17-18H2,1-3H3,(H,27,30)/b26-16+. The molecule has 0 aromatic heterocycles. The predicted molar refractivity (Wildman–Crippen MR) is 132 cm³/mol. The van der Waals surface area contributed by atoms with Crippen LogP contribution in [0.1, 0.15) is 37.5 Å². The van der Waals surface area contributed by atoms with E-state index < -0.39 is 0 Å². The average molecular weight is 518 g/mol. The molecular formula is C24H31IN4O. The zero-order chi connectivity index (χ0) is 21.6. The average Bonchev–Trinajstić information content (AvgIpc) is 2.71. The number of hydrogen-bond acceptors (Lipinski definition) is 4. The van der Waals surface area contributed by atoms with Gasteiger partial charge in [0, 0.05) is 41.9 Å². The Kier molecular flexibility index (Phi) is 8.02. The van der Waals surface area contributed by atoms with Crippen molar-refractivity contribution < 1.29 is 4.79 Å². The Morgan fingerprint density at radius 2 is 1.70 bits per heavy atom. The summed E-state index contributed by atoms with van der Waals surface area (Å²) in [7, 11) is 0. The highest BCUT2D eigenvalue weighted by molar-refractivity contribution is 14.1. The molecule has 0 radical (unpaired) electrons. The number of amides is 1. The molecule has 1 fully saturated rings. The fourth-order valence-corrected chi connectivity index (χ4v) is 4.90. The molecule has 0 aliphatic carbocycles. The topological polar surface area (TPSA) is 47.9 Å². The van der Waals surface area contributed by atoms with Gasteiger partial charge in [-0.3, -0.25) is 14.6 Å². The number of rotatable bonds is 6.